The van der Waals surface area contributed by atoms with Gasteiger partial charge in [0, 0.05) is 19.6 Å². The van der Waals surface area contributed by atoms with Gasteiger partial charge in [-0.1, -0.05) is 13.8 Å². The van der Waals surface area contributed by atoms with Crippen LogP contribution in [0.4, 0.5) is 0 Å². The highest BCUT2D eigenvalue weighted by molar-refractivity contribution is 5.83. The van der Waals surface area contributed by atoms with Gasteiger partial charge in [-0.15, -0.1) is 0 Å². The van der Waals surface area contributed by atoms with Crippen LogP contribution in [0.1, 0.15) is 46.5 Å². The predicted molar refractivity (Wildman–Crippen MR) is 67.0 cm³/mol. The first kappa shape index (κ1) is 13.5. The zero-order valence-corrected chi connectivity index (χ0v) is 11.1. The molecule has 94 valence electrons. The molecule has 1 aliphatic rings. The summed E-state index contributed by atoms with van der Waals surface area (Å²) in [5.74, 6) is 0.956. The maximum absolute atomic E-state index is 12.5. The maximum Gasteiger partial charge on any atom is 0.230 e. The summed E-state index contributed by atoms with van der Waals surface area (Å²) in [6, 6.07) is 0.372. The minimum atomic E-state index is -0.335. The van der Waals surface area contributed by atoms with Crippen molar-refractivity contribution < 1.29 is 4.79 Å². The molecule has 3 nitrogen and oxygen atoms in total. The van der Waals surface area contributed by atoms with Gasteiger partial charge in [0.15, 0.2) is 0 Å². The fourth-order valence-corrected chi connectivity index (χ4v) is 2.38. The SMILES string of the molecule is CCC(CC)(CN)C(=O)N(C)C(C)C1CC1. The summed E-state index contributed by atoms with van der Waals surface area (Å²) >= 11 is 0. The Morgan fingerprint density at radius 1 is 1.44 bits per heavy atom. The highest BCUT2D eigenvalue weighted by Gasteiger charge is 2.40. The molecule has 1 atom stereocenters. The van der Waals surface area contributed by atoms with Crippen LogP contribution in [0.25, 0.3) is 0 Å². The molecule has 1 saturated carbocycles. The fourth-order valence-electron chi connectivity index (χ4n) is 2.38. The lowest BCUT2D eigenvalue weighted by Gasteiger charge is -2.36. The summed E-state index contributed by atoms with van der Waals surface area (Å²) in [5.41, 5.74) is 5.48. The smallest absolute Gasteiger partial charge is 0.230 e. The van der Waals surface area contributed by atoms with E-state index in [1.165, 1.54) is 12.8 Å². The molecule has 1 rings (SSSR count). The molecule has 0 heterocycles. The van der Waals surface area contributed by atoms with Crippen LogP contribution >= 0.6 is 0 Å². The number of amides is 1. The van der Waals surface area contributed by atoms with Crippen LogP contribution in [-0.2, 0) is 4.79 Å². The first-order valence-electron chi connectivity index (χ1n) is 6.49. The third-order valence-corrected chi connectivity index (χ3v) is 4.43. The standard InChI is InChI=1S/C13H26N2O/c1-5-13(6-2,9-14)12(16)15(4)10(3)11-7-8-11/h10-11H,5-9,14H2,1-4H3. The Morgan fingerprint density at radius 3 is 2.25 bits per heavy atom. The van der Waals surface area contributed by atoms with Crippen molar-refractivity contribution in [2.24, 2.45) is 17.1 Å². The average Bonchev–Trinajstić information content (AvgIpc) is 3.14. The summed E-state index contributed by atoms with van der Waals surface area (Å²) in [6.07, 6.45) is 4.21. The summed E-state index contributed by atoms with van der Waals surface area (Å²) in [5, 5.41) is 0. The van der Waals surface area contributed by atoms with Crippen LogP contribution in [0.5, 0.6) is 0 Å². The minimum Gasteiger partial charge on any atom is -0.342 e. The molecule has 0 aliphatic heterocycles. The summed E-state index contributed by atoms with van der Waals surface area (Å²) in [7, 11) is 1.93. The first-order chi connectivity index (χ1) is 7.52. The van der Waals surface area contributed by atoms with E-state index in [4.69, 9.17) is 5.73 Å². The van der Waals surface area contributed by atoms with E-state index >= 15 is 0 Å². The normalized spacial score (nSPS) is 18.3. The Bertz CT molecular complexity index is 236. The van der Waals surface area contributed by atoms with Crippen molar-refractivity contribution in [2.45, 2.75) is 52.5 Å². The second-order valence-corrected chi connectivity index (χ2v) is 5.19. The first-order valence-corrected chi connectivity index (χ1v) is 6.49. The van der Waals surface area contributed by atoms with E-state index < -0.39 is 0 Å². The molecule has 0 aromatic rings. The number of rotatable bonds is 6. The molecule has 16 heavy (non-hydrogen) atoms. The van der Waals surface area contributed by atoms with E-state index in [2.05, 4.69) is 20.8 Å². The highest BCUT2D eigenvalue weighted by atomic mass is 16.2. The average molecular weight is 226 g/mol. The zero-order valence-electron chi connectivity index (χ0n) is 11.1. The monoisotopic (exact) mass is 226 g/mol. The molecule has 0 aromatic carbocycles. The lowest BCUT2D eigenvalue weighted by atomic mass is 9.80. The molecule has 0 radical (unpaired) electrons. The van der Waals surface area contributed by atoms with E-state index in [0.29, 0.717) is 12.6 Å². The van der Waals surface area contributed by atoms with Crippen LogP contribution in [0.3, 0.4) is 0 Å². The van der Waals surface area contributed by atoms with Gasteiger partial charge in [0.05, 0.1) is 5.41 Å². The minimum absolute atomic E-state index is 0.236. The number of hydrogen-bond acceptors (Lipinski definition) is 2. The second-order valence-electron chi connectivity index (χ2n) is 5.19. The van der Waals surface area contributed by atoms with E-state index in [9.17, 15) is 4.79 Å². The Morgan fingerprint density at radius 2 is 1.94 bits per heavy atom. The second kappa shape index (κ2) is 5.17. The Kier molecular flexibility index (Phi) is 4.36. The van der Waals surface area contributed by atoms with Crippen molar-refractivity contribution in [1.29, 1.82) is 0 Å². The molecule has 0 bridgehead atoms. The van der Waals surface area contributed by atoms with E-state index in [0.717, 1.165) is 18.8 Å². The van der Waals surface area contributed by atoms with E-state index in [-0.39, 0.29) is 11.3 Å². The molecule has 2 N–H and O–H groups in total. The molecule has 3 heteroatoms. The highest BCUT2D eigenvalue weighted by Crippen LogP contribution is 2.37. The van der Waals surface area contributed by atoms with Crippen LogP contribution in [0, 0.1) is 11.3 Å². The third kappa shape index (κ3) is 2.40. The topological polar surface area (TPSA) is 46.3 Å². The number of carbonyl (C=O) groups excluding carboxylic acids is 1. The van der Waals surface area contributed by atoms with Gasteiger partial charge in [0.25, 0.3) is 0 Å². The van der Waals surface area contributed by atoms with E-state index in [1.54, 1.807) is 0 Å². The third-order valence-electron chi connectivity index (χ3n) is 4.43. The molecule has 1 unspecified atom stereocenters. The van der Waals surface area contributed by atoms with Gasteiger partial charge in [0.1, 0.15) is 0 Å². The number of nitrogens with zero attached hydrogens (tertiary/aromatic N) is 1. The van der Waals surface area contributed by atoms with Gasteiger partial charge >= 0.3 is 0 Å². The maximum atomic E-state index is 12.5. The van der Waals surface area contributed by atoms with E-state index in [1.807, 2.05) is 11.9 Å². The van der Waals surface area contributed by atoms with Crippen molar-refractivity contribution in [1.82, 2.24) is 4.90 Å². The van der Waals surface area contributed by atoms with Crippen LogP contribution in [0.15, 0.2) is 0 Å². The van der Waals surface area contributed by atoms with Crippen molar-refractivity contribution in [3.63, 3.8) is 0 Å². The molecule has 1 aliphatic carbocycles. The Hall–Kier alpha value is -0.570. The molecule has 0 saturated heterocycles. The van der Waals surface area contributed by atoms with Crippen molar-refractivity contribution >= 4 is 5.91 Å². The lowest BCUT2D eigenvalue weighted by Crippen LogP contribution is -2.49. The van der Waals surface area contributed by atoms with Gasteiger partial charge in [-0.3, -0.25) is 4.79 Å². The van der Waals surface area contributed by atoms with Crippen molar-refractivity contribution in [3.05, 3.63) is 0 Å². The molecule has 1 fully saturated rings. The van der Waals surface area contributed by atoms with Crippen molar-refractivity contribution in [3.8, 4) is 0 Å². The van der Waals surface area contributed by atoms with Gasteiger partial charge in [-0.25, -0.2) is 0 Å². The lowest BCUT2D eigenvalue weighted by molar-refractivity contribution is -0.143. The number of nitrogens with two attached hydrogens (primary N) is 1. The predicted octanol–water partition coefficient (Wildman–Crippen LogP) is 2.01. The fraction of sp³-hybridized carbons (Fsp3) is 0.923. The Balaban J connectivity index is 2.72. The Labute approximate surface area is 99.4 Å². The molecule has 0 aromatic heterocycles. The van der Waals surface area contributed by atoms with Gasteiger partial charge < -0.3 is 10.6 Å². The quantitative estimate of drug-likeness (QED) is 0.753. The van der Waals surface area contributed by atoms with Crippen LogP contribution in [0.2, 0.25) is 0 Å². The number of hydrogen-bond donors (Lipinski definition) is 1. The molecule has 0 spiro atoms. The summed E-state index contributed by atoms with van der Waals surface area (Å²) in [4.78, 5) is 14.4. The largest absolute Gasteiger partial charge is 0.342 e. The zero-order chi connectivity index (χ0) is 12.3. The molecule has 1 amide bonds. The molecular formula is C13H26N2O. The number of carbonyl (C=O) groups is 1. The van der Waals surface area contributed by atoms with Gasteiger partial charge in [0.2, 0.25) is 5.91 Å². The van der Waals surface area contributed by atoms with Crippen molar-refractivity contribution in [2.75, 3.05) is 13.6 Å². The molecular weight excluding hydrogens is 200 g/mol. The summed E-state index contributed by atoms with van der Waals surface area (Å²) in [6.45, 7) is 6.73. The van der Waals surface area contributed by atoms with Gasteiger partial charge in [-0.2, -0.15) is 0 Å². The van der Waals surface area contributed by atoms with Gasteiger partial charge in [-0.05, 0) is 38.5 Å². The van der Waals surface area contributed by atoms with Crippen LogP contribution < -0.4 is 5.73 Å². The summed E-state index contributed by atoms with van der Waals surface area (Å²) < 4.78 is 0. The van der Waals surface area contributed by atoms with Crippen LogP contribution in [-0.4, -0.2) is 30.4 Å².